The molecule has 0 saturated heterocycles. The van der Waals surface area contributed by atoms with E-state index in [0.717, 1.165) is 5.56 Å². The summed E-state index contributed by atoms with van der Waals surface area (Å²) in [6.45, 7) is 1.89. The Bertz CT molecular complexity index is 648. The Morgan fingerprint density at radius 2 is 2.05 bits per heavy atom. The maximum atomic E-state index is 12.3. The number of hydrogen-bond donors (Lipinski definition) is 3. The number of carbonyl (C=O) groups excluding carboxylic acids is 1. The standard InChI is InChI=1S/C14H14BrClN4O/c1-8(9-2-4-11(16)5-3-9)19-14(21)12-6-10(15)7-18-13(12)20-17/h2-8H,17H2,1H3,(H,18,20)(H,19,21). The van der Waals surface area contributed by atoms with Crippen LogP contribution in [0.5, 0.6) is 0 Å². The van der Waals surface area contributed by atoms with Gasteiger partial charge in [0.2, 0.25) is 0 Å². The van der Waals surface area contributed by atoms with Crippen molar-refractivity contribution in [2.24, 2.45) is 5.84 Å². The first-order chi connectivity index (χ1) is 10.0. The van der Waals surface area contributed by atoms with E-state index >= 15 is 0 Å². The van der Waals surface area contributed by atoms with E-state index in [0.29, 0.717) is 20.9 Å². The zero-order valence-corrected chi connectivity index (χ0v) is 13.6. The number of nitrogens with zero attached hydrogens (tertiary/aromatic N) is 1. The summed E-state index contributed by atoms with van der Waals surface area (Å²) in [5, 5.41) is 3.55. The number of anilines is 1. The maximum Gasteiger partial charge on any atom is 0.255 e. The van der Waals surface area contributed by atoms with Gasteiger partial charge in [0.1, 0.15) is 0 Å². The van der Waals surface area contributed by atoms with Crippen LogP contribution in [0.4, 0.5) is 5.82 Å². The monoisotopic (exact) mass is 368 g/mol. The van der Waals surface area contributed by atoms with Crippen molar-refractivity contribution in [2.75, 3.05) is 5.43 Å². The van der Waals surface area contributed by atoms with E-state index < -0.39 is 0 Å². The molecule has 7 heteroatoms. The average molecular weight is 370 g/mol. The molecule has 0 saturated carbocycles. The van der Waals surface area contributed by atoms with Crippen LogP contribution in [0, 0.1) is 0 Å². The lowest BCUT2D eigenvalue weighted by Crippen LogP contribution is -2.28. The molecule has 1 unspecified atom stereocenters. The number of aromatic nitrogens is 1. The molecule has 110 valence electrons. The molecule has 2 aromatic rings. The molecular formula is C14H14BrClN4O. The minimum Gasteiger partial charge on any atom is -0.345 e. The highest BCUT2D eigenvalue weighted by molar-refractivity contribution is 9.10. The second-order valence-electron chi connectivity index (χ2n) is 4.44. The van der Waals surface area contributed by atoms with Crippen LogP contribution < -0.4 is 16.6 Å². The Morgan fingerprint density at radius 3 is 2.67 bits per heavy atom. The van der Waals surface area contributed by atoms with Gasteiger partial charge in [0.05, 0.1) is 11.6 Å². The van der Waals surface area contributed by atoms with Crippen molar-refractivity contribution in [3.05, 3.63) is 57.2 Å². The van der Waals surface area contributed by atoms with E-state index in [1.807, 2.05) is 19.1 Å². The summed E-state index contributed by atoms with van der Waals surface area (Å²) in [5.41, 5.74) is 3.74. The van der Waals surface area contributed by atoms with E-state index in [1.54, 1.807) is 24.4 Å². The fourth-order valence-electron chi connectivity index (χ4n) is 1.84. The molecule has 1 aromatic heterocycles. The third kappa shape index (κ3) is 3.93. The molecule has 1 amide bonds. The number of halogens is 2. The molecule has 1 atom stereocenters. The van der Waals surface area contributed by atoms with Gasteiger partial charge in [0.15, 0.2) is 5.82 Å². The number of pyridine rings is 1. The molecular weight excluding hydrogens is 356 g/mol. The lowest BCUT2D eigenvalue weighted by molar-refractivity contribution is 0.0940. The van der Waals surface area contributed by atoms with Gasteiger partial charge in [-0.15, -0.1) is 0 Å². The highest BCUT2D eigenvalue weighted by Crippen LogP contribution is 2.20. The molecule has 0 fully saturated rings. The van der Waals surface area contributed by atoms with Crippen LogP contribution in [0.2, 0.25) is 5.02 Å². The summed E-state index contributed by atoms with van der Waals surface area (Å²) < 4.78 is 0.700. The maximum absolute atomic E-state index is 12.3. The summed E-state index contributed by atoms with van der Waals surface area (Å²) in [4.78, 5) is 16.4. The number of hydrazine groups is 1. The summed E-state index contributed by atoms with van der Waals surface area (Å²) in [6, 6.07) is 8.80. The molecule has 2 rings (SSSR count). The Balaban J connectivity index is 2.17. The second-order valence-corrected chi connectivity index (χ2v) is 5.79. The molecule has 5 nitrogen and oxygen atoms in total. The van der Waals surface area contributed by atoms with Gasteiger partial charge >= 0.3 is 0 Å². The molecule has 4 N–H and O–H groups in total. The zero-order chi connectivity index (χ0) is 15.4. The number of hydrogen-bond acceptors (Lipinski definition) is 4. The summed E-state index contributed by atoms with van der Waals surface area (Å²) in [7, 11) is 0. The number of benzene rings is 1. The first-order valence-corrected chi connectivity index (χ1v) is 7.37. The van der Waals surface area contributed by atoms with Crippen LogP contribution in [0.25, 0.3) is 0 Å². The van der Waals surface area contributed by atoms with E-state index in [2.05, 4.69) is 31.7 Å². The minimum atomic E-state index is -0.265. The SMILES string of the molecule is CC(NC(=O)c1cc(Br)cnc1NN)c1ccc(Cl)cc1. The summed E-state index contributed by atoms with van der Waals surface area (Å²) >= 11 is 9.14. The van der Waals surface area contributed by atoms with E-state index in [9.17, 15) is 4.79 Å². The third-order valence-electron chi connectivity index (χ3n) is 2.95. The number of amides is 1. The molecule has 0 radical (unpaired) electrons. The number of nitrogens with two attached hydrogens (primary N) is 1. The molecule has 1 heterocycles. The molecule has 0 bridgehead atoms. The van der Waals surface area contributed by atoms with Gasteiger partial charge in [-0.2, -0.15) is 0 Å². The second kappa shape index (κ2) is 6.89. The van der Waals surface area contributed by atoms with Gasteiger partial charge in [-0.1, -0.05) is 23.7 Å². The fourth-order valence-corrected chi connectivity index (χ4v) is 2.29. The number of rotatable bonds is 4. The largest absolute Gasteiger partial charge is 0.345 e. The predicted octanol–water partition coefficient (Wildman–Crippen LogP) is 3.27. The average Bonchev–Trinajstić information content (AvgIpc) is 2.47. The molecule has 0 aliphatic heterocycles. The topological polar surface area (TPSA) is 80.0 Å². The molecule has 1 aromatic carbocycles. The molecule has 0 aliphatic carbocycles. The van der Waals surface area contributed by atoms with Crippen molar-refractivity contribution < 1.29 is 4.79 Å². The van der Waals surface area contributed by atoms with Crippen molar-refractivity contribution in [3.8, 4) is 0 Å². The Labute approximate surface area is 136 Å². The van der Waals surface area contributed by atoms with Crippen LogP contribution in [0.15, 0.2) is 41.0 Å². The zero-order valence-electron chi connectivity index (χ0n) is 11.2. The van der Waals surface area contributed by atoms with Crippen LogP contribution in [0.3, 0.4) is 0 Å². The third-order valence-corrected chi connectivity index (χ3v) is 3.64. The van der Waals surface area contributed by atoms with Crippen molar-refractivity contribution in [1.29, 1.82) is 0 Å². The quantitative estimate of drug-likeness (QED) is 0.571. The minimum absolute atomic E-state index is 0.167. The van der Waals surface area contributed by atoms with Crippen molar-refractivity contribution >= 4 is 39.3 Å². The smallest absolute Gasteiger partial charge is 0.255 e. The molecule has 0 spiro atoms. The van der Waals surface area contributed by atoms with E-state index in [-0.39, 0.29) is 11.9 Å². The molecule has 21 heavy (non-hydrogen) atoms. The Morgan fingerprint density at radius 1 is 1.38 bits per heavy atom. The predicted molar refractivity (Wildman–Crippen MR) is 87.1 cm³/mol. The lowest BCUT2D eigenvalue weighted by atomic mass is 10.1. The van der Waals surface area contributed by atoms with Crippen molar-refractivity contribution in [1.82, 2.24) is 10.3 Å². The van der Waals surface area contributed by atoms with E-state index in [1.165, 1.54) is 0 Å². The highest BCUT2D eigenvalue weighted by atomic mass is 79.9. The first-order valence-electron chi connectivity index (χ1n) is 6.19. The lowest BCUT2D eigenvalue weighted by Gasteiger charge is -2.16. The fraction of sp³-hybridized carbons (Fsp3) is 0.143. The number of carbonyl (C=O) groups is 1. The van der Waals surface area contributed by atoms with E-state index in [4.69, 9.17) is 17.4 Å². The van der Waals surface area contributed by atoms with Crippen molar-refractivity contribution in [3.63, 3.8) is 0 Å². The Kier molecular flexibility index (Phi) is 5.17. The van der Waals surface area contributed by atoms with Gasteiger partial charge in [-0.05, 0) is 46.6 Å². The first kappa shape index (κ1) is 15.8. The molecule has 0 aliphatic rings. The highest BCUT2D eigenvalue weighted by Gasteiger charge is 2.16. The van der Waals surface area contributed by atoms with Crippen LogP contribution in [-0.2, 0) is 0 Å². The van der Waals surface area contributed by atoms with Crippen LogP contribution in [-0.4, -0.2) is 10.9 Å². The summed E-state index contributed by atoms with van der Waals surface area (Å²) in [5.74, 6) is 5.43. The van der Waals surface area contributed by atoms with Crippen LogP contribution in [0.1, 0.15) is 28.9 Å². The van der Waals surface area contributed by atoms with Crippen molar-refractivity contribution in [2.45, 2.75) is 13.0 Å². The van der Waals surface area contributed by atoms with Gasteiger partial charge in [-0.25, -0.2) is 10.8 Å². The van der Waals surface area contributed by atoms with Gasteiger partial charge in [-0.3, -0.25) is 4.79 Å². The van der Waals surface area contributed by atoms with Gasteiger partial charge < -0.3 is 10.7 Å². The number of nitrogens with one attached hydrogen (secondary N) is 2. The van der Waals surface area contributed by atoms with Gasteiger partial charge in [0, 0.05) is 15.7 Å². The van der Waals surface area contributed by atoms with Gasteiger partial charge in [0.25, 0.3) is 5.91 Å². The normalized spacial score (nSPS) is 11.8. The Hall–Kier alpha value is -1.63. The number of nitrogen functional groups attached to an aromatic ring is 1. The summed E-state index contributed by atoms with van der Waals surface area (Å²) in [6.07, 6.45) is 1.56. The van der Waals surface area contributed by atoms with Crippen LogP contribution >= 0.6 is 27.5 Å².